The Hall–Kier alpha value is -1.86. The molecule has 5 nitrogen and oxygen atoms in total. The van der Waals surface area contributed by atoms with Gasteiger partial charge in [-0.15, -0.1) is 10.2 Å². The van der Waals surface area contributed by atoms with E-state index in [1.165, 1.54) is 35.6 Å². The van der Waals surface area contributed by atoms with Crippen LogP contribution in [0.3, 0.4) is 0 Å². The molecule has 0 saturated heterocycles. The van der Waals surface area contributed by atoms with Gasteiger partial charge in [-0.2, -0.15) is 0 Å². The van der Waals surface area contributed by atoms with E-state index in [-0.39, 0.29) is 11.7 Å². The van der Waals surface area contributed by atoms with Gasteiger partial charge in [-0.25, -0.2) is 4.39 Å². The second-order valence-corrected chi connectivity index (χ2v) is 4.56. The Labute approximate surface area is 107 Å². The summed E-state index contributed by atoms with van der Waals surface area (Å²) in [5.74, 6) is -0.724. The summed E-state index contributed by atoms with van der Waals surface area (Å²) in [7, 11) is 0. The summed E-state index contributed by atoms with van der Waals surface area (Å²) in [6, 6.07) is 5.28. The first kappa shape index (κ1) is 12.6. The standard InChI is InChI=1S/C11H11FN4OS/c12-8-3-1-7(2-4-8)10(17)14-11-16-15-9(18-11)5-6-13/h1-4H,5-6,13H2,(H,14,16,17). The molecule has 0 radical (unpaired) electrons. The number of nitrogens with one attached hydrogen (secondary N) is 1. The third-order valence-electron chi connectivity index (χ3n) is 2.15. The zero-order valence-electron chi connectivity index (χ0n) is 9.39. The van der Waals surface area contributed by atoms with Gasteiger partial charge < -0.3 is 5.73 Å². The molecule has 1 amide bonds. The minimum atomic E-state index is -0.382. The fourth-order valence-electron chi connectivity index (χ4n) is 1.30. The van der Waals surface area contributed by atoms with Crippen molar-refractivity contribution in [1.29, 1.82) is 0 Å². The number of nitrogens with zero attached hydrogens (tertiary/aromatic N) is 2. The smallest absolute Gasteiger partial charge is 0.257 e. The average Bonchev–Trinajstić information content (AvgIpc) is 2.78. The monoisotopic (exact) mass is 266 g/mol. The number of nitrogens with two attached hydrogens (primary N) is 1. The molecule has 2 rings (SSSR count). The highest BCUT2D eigenvalue weighted by Crippen LogP contribution is 2.16. The summed E-state index contributed by atoms with van der Waals surface area (Å²) >= 11 is 1.28. The van der Waals surface area contributed by atoms with Crippen LogP contribution >= 0.6 is 11.3 Å². The third-order valence-corrected chi connectivity index (χ3v) is 3.05. The molecule has 0 spiro atoms. The van der Waals surface area contributed by atoms with Gasteiger partial charge in [-0.1, -0.05) is 11.3 Å². The Bertz CT molecular complexity index is 540. The van der Waals surface area contributed by atoms with Crippen LogP contribution in [0.4, 0.5) is 9.52 Å². The molecule has 1 aromatic heterocycles. The van der Waals surface area contributed by atoms with Gasteiger partial charge in [-0.05, 0) is 30.8 Å². The number of carbonyl (C=O) groups is 1. The highest BCUT2D eigenvalue weighted by molar-refractivity contribution is 7.15. The predicted molar refractivity (Wildman–Crippen MR) is 67.0 cm³/mol. The normalized spacial score (nSPS) is 10.3. The zero-order valence-corrected chi connectivity index (χ0v) is 10.2. The number of halogens is 1. The topological polar surface area (TPSA) is 80.9 Å². The van der Waals surface area contributed by atoms with Crippen molar-refractivity contribution in [3.05, 3.63) is 40.7 Å². The maximum Gasteiger partial charge on any atom is 0.257 e. The molecule has 1 heterocycles. The number of amides is 1. The average molecular weight is 266 g/mol. The Balaban J connectivity index is 2.04. The summed E-state index contributed by atoms with van der Waals surface area (Å²) in [6.07, 6.45) is 0.629. The molecule has 0 saturated carbocycles. The highest BCUT2D eigenvalue weighted by Gasteiger charge is 2.09. The molecular formula is C11H11FN4OS. The van der Waals surface area contributed by atoms with Gasteiger partial charge in [0.15, 0.2) is 0 Å². The molecule has 7 heteroatoms. The molecule has 0 atom stereocenters. The summed E-state index contributed by atoms with van der Waals surface area (Å²) in [6.45, 7) is 0.487. The van der Waals surface area contributed by atoms with Crippen LogP contribution in [-0.4, -0.2) is 22.6 Å². The van der Waals surface area contributed by atoms with Crippen molar-refractivity contribution in [2.75, 3.05) is 11.9 Å². The first-order chi connectivity index (χ1) is 8.69. The third kappa shape index (κ3) is 3.08. The molecule has 0 unspecified atom stereocenters. The molecule has 0 bridgehead atoms. The number of anilines is 1. The molecule has 18 heavy (non-hydrogen) atoms. The van der Waals surface area contributed by atoms with Crippen LogP contribution in [0.2, 0.25) is 0 Å². The van der Waals surface area contributed by atoms with Gasteiger partial charge in [-0.3, -0.25) is 10.1 Å². The van der Waals surface area contributed by atoms with Gasteiger partial charge in [0, 0.05) is 12.0 Å². The number of hydrogen-bond donors (Lipinski definition) is 2. The van der Waals surface area contributed by atoms with Gasteiger partial charge in [0.1, 0.15) is 10.8 Å². The first-order valence-corrected chi connectivity index (χ1v) is 6.10. The van der Waals surface area contributed by atoms with Gasteiger partial charge in [0.05, 0.1) is 0 Å². The van der Waals surface area contributed by atoms with E-state index in [2.05, 4.69) is 15.5 Å². The lowest BCUT2D eigenvalue weighted by atomic mass is 10.2. The zero-order chi connectivity index (χ0) is 13.0. The second-order valence-electron chi connectivity index (χ2n) is 3.50. The summed E-state index contributed by atoms with van der Waals surface area (Å²) in [5, 5.41) is 11.5. The van der Waals surface area contributed by atoms with Gasteiger partial charge >= 0.3 is 0 Å². The van der Waals surface area contributed by atoms with E-state index in [0.717, 1.165) is 5.01 Å². The van der Waals surface area contributed by atoms with Crippen LogP contribution in [0.1, 0.15) is 15.4 Å². The number of carbonyl (C=O) groups excluding carboxylic acids is 1. The lowest BCUT2D eigenvalue weighted by Gasteiger charge is -2.00. The maximum atomic E-state index is 12.7. The molecule has 0 aliphatic carbocycles. The van der Waals surface area contributed by atoms with Crippen molar-refractivity contribution in [3.63, 3.8) is 0 Å². The van der Waals surface area contributed by atoms with E-state index >= 15 is 0 Å². The SMILES string of the molecule is NCCc1nnc(NC(=O)c2ccc(F)cc2)s1. The molecule has 3 N–H and O–H groups in total. The van der Waals surface area contributed by atoms with Crippen LogP contribution in [0.15, 0.2) is 24.3 Å². The lowest BCUT2D eigenvalue weighted by molar-refractivity contribution is 0.102. The number of hydrogen-bond acceptors (Lipinski definition) is 5. The van der Waals surface area contributed by atoms with Crippen molar-refractivity contribution in [2.45, 2.75) is 6.42 Å². The Morgan fingerprint density at radius 3 is 2.72 bits per heavy atom. The molecule has 2 aromatic rings. The van der Waals surface area contributed by atoms with Crippen molar-refractivity contribution in [2.24, 2.45) is 5.73 Å². The van der Waals surface area contributed by atoms with Crippen LogP contribution in [0, 0.1) is 5.82 Å². The van der Waals surface area contributed by atoms with Crippen molar-refractivity contribution < 1.29 is 9.18 Å². The van der Waals surface area contributed by atoms with E-state index in [0.29, 0.717) is 23.7 Å². The van der Waals surface area contributed by atoms with Crippen LogP contribution in [0.5, 0.6) is 0 Å². The first-order valence-electron chi connectivity index (χ1n) is 5.28. The maximum absolute atomic E-state index is 12.7. The summed E-state index contributed by atoms with van der Waals surface area (Å²) in [5.41, 5.74) is 5.76. The van der Waals surface area contributed by atoms with E-state index in [9.17, 15) is 9.18 Å². The van der Waals surface area contributed by atoms with Crippen molar-refractivity contribution >= 4 is 22.4 Å². The molecular weight excluding hydrogens is 255 g/mol. The Kier molecular flexibility index (Phi) is 3.96. The second kappa shape index (κ2) is 5.65. The van der Waals surface area contributed by atoms with Crippen LogP contribution < -0.4 is 11.1 Å². The van der Waals surface area contributed by atoms with Crippen LogP contribution in [-0.2, 0) is 6.42 Å². The summed E-state index contributed by atoms with van der Waals surface area (Å²) < 4.78 is 12.7. The lowest BCUT2D eigenvalue weighted by Crippen LogP contribution is -2.11. The molecule has 0 aliphatic rings. The highest BCUT2D eigenvalue weighted by atomic mass is 32.1. The fourth-order valence-corrected chi connectivity index (χ4v) is 2.05. The largest absolute Gasteiger partial charge is 0.330 e. The van der Waals surface area contributed by atoms with E-state index in [1.54, 1.807) is 0 Å². The minimum Gasteiger partial charge on any atom is -0.330 e. The molecule has 0 fully saturated rings. The minimum absolute atomic E-state index is 0.342. The van der Waals surface area contributed by atoms with E-state index in [1.807, 2.05) is 0 Å². The van der Waals surface area contributed by atoms with E-state index in [4.69, 9.17) is 5.73 Å². The number of aromatic nitrogens is 2. The number of rotatable bonds is 4. The van der Waals surface area contributed by atoms with Crippen molar-refractivity contribution in [3.8, 4) is 0 Å². The van der Waals surface area contributed by atoms with Crippen LogP contribution in [0.25, 0.3) is 0 Å². The Morgan fingerprint density at radius 2 is 2.06 bits per heavy atom. The molecule has 0 aliphatic heterocycles. The molecule has 1 aromatic carbocycles. The van der Waals surface area contributed by atoms with Crippen molar-refractivity contribution in [1.82, 2.24) is 10.2 Å². The fraction of sp³-hybridized carbons (Fsp3) is 0.182. The van der Waals surface area contributed by atoms with E-state index < -0.39 is 0 Å². The number of benzene rings is 1. The Morgan fingerprint density at radius 1 is 1.33 bits per heavy atom. The summed E-state index contributed by atoms with van der Waals surface area (Å²) in [4.78, 5) is 11.8. The predicted octanol–water partition coefficient (Wildman–Crippen LogP) is 1.43. The van der Waals surface area contributed by atoms with Gasteiger partial charge in [0.25, 0.3) is 5.91 Å². The molecule has 94 valence electrons. The quantitative estimate of drug-likeness (QED) is 0.877. The van der Waals surface area contributed by atoms with Gasteiger partial charge in [0.2, 0.25) is 5.13 Å².